The van der Waals surface area contributed by atoms with Gasteiger partial charge in [-0.1, -0.05) is 12.1 Å². The van der Waals surface area contributed by atoms with Gasteiger partial charge in [-0.05, 0) is 91.0 Å². The molecule has 2 heterocycles. The quantitative estimate of drug-likeness (QED) is 0.182. The Bertz CT molecular complexity index is 1440. The van der Waals surface area contributed by atoms with Crippen LogP contribution in [0.25, 0.3) is 6.08 Å². The van der Waals surface area contributed by atoms with Gasteiger partial charge in [-0.2, -0.15) is 0 Å². The second-order valence-electron chi connectivity index (χ2n) is 15.0. The molecule has 0 aromatic heterocycles. The number of benzene rings is 1. The van der Waals surface area contributed by atoms with Gasteiger partial charge in [0.1, 0.15) is 23.1 Å². The van der Waals surface area contributed by atoms with Crippen LogP contribution in [0.1, 0.15) is 91.2 Å². The molecule has 1 saturated carbocycles. The third-order valence-corrected chi connectivity index (χ3v) is 8.61. The van der Waals surface area contributed by atoms with Crippen LogP contribution < -0.4 is 15.4 Å². The Balaban J connectivity index is 1.29. The van der Waals surface area contributed by atoms with Crippen LogP contribution in [0.3, 0.4) is 0 Å². The third kappa shape index (κ3) is 10.9. The maximum atomic E-state index is 12.9. The van der Waals surface area contributed by atoms with Gasteiger partial charge in [0.2, 0.25) is 5.91 Å². The van der Waals surface area contributed by atoms with E-state index in [1.165, 1.54) is 12.2 Å². The molecule has 4 rings (SSSR count). The number of aliphatic carboxylic acids is 1. The number of nitrogens with one attached hydrogen (secondary N) is 2. The van der Waals surface area contributed by atoms with Gasteiger partial charge >= 0.3 is 18.2 Å². The smallest absolute Gasteiger partial charge is 0.410 e. The number of alkyl carbamates (subject to hydrolysis) is 1. The molecule has 1 saturated heterocycles. The predicted octanol–water partition coefficient (Wildman–Crippen LogP) is 5.31. The number of hydrogen-bond acceptors (Lipinski definition) is 9. The number of nitrogens with zero attached hydrogens (tertiary/aromatic N) is 1. The van der Waals surface area contributed by atoms with E-state index in [2.05, 4.69) is 10.6 Å². The van der Waals surface area contributed by atoms with Crippen LogP contribution in [0, 0.1) is 0 Å². The maximum absolute atomic E-state index is 12.9. The van der Waals surface area contributed by atoms with Crippen molar-refractivity contribution < 1.29 is 48.0 Å². The Morgan fingerprint density at radius 2 is 1.60 bits per heavy atom. The average Bonchev–Trinajstić information content (AvgIpc) is 3.60. The number of fused-ring (bicyclic) bond motifs is 3. The van der Waals surface area contributed by atoms with Crippen LogP contribution >= 0.6 is 0 Å². The summed E-state index contributed by atoms with van der Waals surface area (Å²) in [5.41, 5.74) is -0.234. The standard InChI is InChI=1S/C37H53N3O10/c1-34(2,3)49-32(44)39-18-7-8-20-40(33(45)50-35(4,5)6)21-9-19-38-30(41)13-11-26-10-12-28-27(24-26)36(15-14-31(42)43)16-17-37(25-29(36)48-28)46-22-23-47-37/h10-15,24,29H,7-9,16-23,25H2,1-6H3,(H,38,41)(H,39,44)(H,42,43)/b13-11+,15-14+/t29-,36-/m1/s1. The number of amides is 3. The summed E-state index contributed by atoms with van der Waals surface area (Å²) in [5, 5.41) is 15.0. The number of unbranched alkanes of at least 4 members (excludes halogenated alkanes) is 1. The predicted molar refractivity (Wildman–Crippen MR) is 186 cm³/mol. The monoisotopic (exact) mass is 699 g/mol. The first-order valence-corrected chi connectivity index (χ1v) is 17.4. The van der Waals surface area contributed by atoms with Gasteiger partial charge in [-0.3, -0.25) is 4.79 Å². The van der Waals surface area contributed by atoms with Crippen LogP contribution in [0.15, 0.2) is 36.4 Å². The second kappa shape index (κ2) is 16.3. The maximum Gasteiger partial charge on any atom is 0.410 e. The van der Waals surface area contributed by atoms with Crippen LogP contribution in [0.2, 0.25) is 0 Å². The van der Waals surface area contributed by atoms with Gasteiger partial charge in [0.25, 0.3) is 0 Å². The molecular formula is C37H53N3O10. The molecule has 1 spiro atoms. The lowest BCUT2D eigenvalue weighted by atomic mass is 9.66. The highest BCUT2D eigenvalue weighted by atomic mass is 16.7. The molecule has 13 nitrogen and oxygen atoms in total. The zero-order valence-corrected chi connectivity index (χ0v) is 30.2. The molecule has 2 aliphatic heterocycles. The number of carboxylic acid groups (broad SMARTS) is 1. The first kappa shape index (κ1) is 38.7. The molecular weight excluding hydrogens is 646 g/mol. The van der Waals surface area contributed by atoms with Crippen molar-refractivity contribution in [3.63, 3.8) is 0 Å². The van der Waals surface area contributed by atoms with E-state index in [1.54, 1.807) is 37.8 Å². The number of carboxylic acids is 1. The molecule has 0 radical (unpaired) electrons. The molecule has 1 aromatic carbocycles. The van der Waals surface area contributed by atoms with E-state index in [0.717, 1.165) is 11.1 Å². The molecule has 2 atom stereocenters. The summed E-state index contributed by atoms with van der Waals surface area (Å²) in [7, 11) is 0. The molecule has 3 aliphatic rings. The number of carbonyl (C=O) groups excluding carboxylic acids is 3. The highest BCUT2D eigenvalue weighted by Gasteiger charge is 2.57. The fraction of sp³-hybridized carbons (Fsp3) is 0.622. The number of ether oxygens (including phenoxy) is 5. The second-order valence-corrected chi connectivity index (χ2v) is 15.0. The molecule has 1 aromatic rings. The van der Waals surface area contributed by atoms with Crippen LogP contribution in [-0.2, 0) is 34.0 Å². The Morgan fingerprint density at radius 3 is 2.28 bits per heavy atom. The summed E-state index contributed by atoms with van der Waals surface area (Å²) in [6.07, 6.45) is 8.28. The van der Waals surface area contributed by atoms with Crippen molar-refractivity contribution in [2.75, 3.05) is 39.4 Å². The SMILES string of the molecule is CC(C)(C)OC(=O)NCCCCN(CCCNC(=O)/C=C/c1ccc2c(c1)[C@@]1(/C=C/C(=O)O)CCC3(C[C@H]1O2)OCCO3)C(=O)OC(C)(C)C. The zero-order valence-electron chi connectivity index (χ0n) is 30.2. The molecule has 276 valence electrons. The molecule has 0 unspecified atom stereocenters. The van der Waals surface area contributed by atoms with Gasteiger partial charge < -0.3 is 44.3 Å². The minimum atomic E-state index is -1.03. The Labute approximate surface area is 294 Å². The first-order valence-electron chi connectivity index (χ1n) is 17.4. The number of hydrogen-bond donors (Lipinski definition) is 3. The summed E-state index contributed by atoms with van der Waals surface area (Å²) in [5.74, 6) is -1.35. The summed E-state index contributed by atoms with van der Waals surface area (Å²) in [6, 6.07) is 5.65. The van der Waals surface area contributed by atoms with E-state index in [0.29, 0.717) is 83.7 Å². The van der Waals surface area contributed by atoms with E-state index >= 15 is 0 Å². The normalized spacial score (nSPS) is 21.0. The third-order valence-electron chi connectivity index (χ3n) is 8.61. The topological polar surface area (TPSA) is 162 Å². The van der Waals surface area contributed by atoms with Crippen molar-refractivity contribution in [1.82, 2.24) is 15.5 Å². The first-order chi connectivity index (χ1) is 23.5. The van der Waals surface area contributed by atoms with E-state index < -0.39 is 40.6 Å². The van der Waals surface area contributed by atoms with E-state index in [4.69, 9.17) is 23.7 Å². The number of rotatable bonds is 13. The highest BCUT2D eigenvalue weighted by Crippen LogP contribution is 2.55. The lowest BCUT2D eigenvalue weighted by molar-refractivity contribution is -0.198. The molecule has 2 fully saturated rings. The average molecular weight is 700 g/mol. The summed E-state index contributed by atoms with van der Waals surface area (Å²) in [6.45, 7) is 13.5. The van der Waals surface area contributed by atoms with Crippen molar-refractivity contribution >= 4 is 30.1 Å². The minimum absolute atomic E-state index is 0.285. The Hall–Kier alpha value is -4.10. The van der Waals surface area contributed by atoms with Gasteiger partial charge in [-0.25, -0.2) is 14.4 Å². The highest BCUT2D eigenvalue weighted by molar-refractivity contribution is 5.91. The summed E-state index contributed by atoms with van der Waals surface area (Å²) in [4.78, 5) is 50.6. The fourth-order valence-electron chi connectivity index (χ4n) is 6.38. The van der Waals surface area contributed by atoms with Gasteiger partial charge in [0.05, 0.1) is 18.6 Å². The largest absolute Gasteiger partial charge is 0.489 e. The molecule has 1 aliphatic carbocycles. The van der Waals surface area contributed by atoms with Crippen molar-refractivity contribution in [2.24, 2.45) is 0 Å². The lowest BCUT2D eigenvalue weighted by Gasteiger charge is -2.43. The van der Waals surface area contributed by atoms with Crippen molar-refractivity contribution in [1.29, 1.82) is 0 Å². The molecule has 0 bridgehead atoms. The van der Waals surface area contributed by atoms with Crippen LogP contribution in [0.5, 0.6) is 5.75 Å². The van der Waals surface area contributed by atoms with Crippen molar-refractivity contribution in [3.05, 3.63) is 47.6 Å². The van der Waals surface area contributed by atoms with Crippen molar-refractivity contribution in [3.8, 4) is 5.75 Å². The van der Waals surface area contributed by atoms with Crippen molar-refractivity contribution in [2.45, 2.75) is 109 Å². The van der Waals surface area contributed by atoms with E-state index in [9.17, 15) is 24.3 Å². The Morgan fingerprint density at radius 1 is 0.920 bits per heavy atom. The lowest BCUT2D eigenvalue weighted by Crippen LogP contribution is -2.50. The summed E-state index contributed by atoms with van der Waals surface area (Å²) < 4.78 is 29.0. The van der Waals surface area contributed by atoms with E-state index in [1.807, 2.05) is 39.0 Å². The van der Waals surface area contributed by atoms with Crippen LogP contribution in [0.4, 0.5) is 9.59 Å². The van der Waals surface area contributed by atoms with Gasteiger partial charge in [-0.15, -0.1) is 0 Å². The molecule has 13 heteroatoms. The molecule has 3 amide bonds. The molecule has 50 heavy (non-hydrogen) atoms. The fourth-order valence-corrected chi connectivity index (χ4v) is 6.38. The van der Waals surface area contributed by atoms with Gasteiger partial charge in [0, 0.05) is 56.7 Å². The zero-order chi connectivity index (χ0) is 36.6. The molecule has 3 N–H and O–H groups in total. The van der Waals surface area contributed by atoms with E-state index in [-0.39, 0.29) is 12.0 Å². The van der Waals surface area contributed by atoms with Crippen LogP contribution in [-0.4, -0.2) is 96.6 Å². The number of carbonyl (C=O) groups is 4. The summed E-state index contributed by atoms with van der Waals surface area (Å²) >= 11 is 0. The Kier molecular flexibility index (Phi) is 12.6. The minimum Gasteiger partial charge on any atom is -0.489 e. The van der Waals surface area contributed by atoms with Gasteiger partial charge in [0.15, 0.2) is 5.79 Å².